The summed E-state index contributed by atoms with van der Waals surface area (Å²) in [5.41, 5.74) is 6.42. The van der Waals surface area contributed by atoms with Crippen molar-refractivity contribution in [2.24, 2.45) is 0 Å². The van der Waals surface area contributed by atoms with E-state index in [1.807, 2.05) is 11.8 Å². The largest absolute Gasteiger partial charge is 0.431 e. The van der Waals surface area contributed by atoms with E-state index >= 15 is 0 Å². The van der Waals surface area contributed by atoms with Gasteiger partial charge < -0.3 is 20.3 Å². The molecule has 3 fully saturated rings. The first kappa shape index (κ1) is 20.4. The molecule has 0 aromatic carbocycles. The molecular weight excluding hydrogens is 436 g/mol. The van der Waals surface area contributed by atoms with Crippen LogP contribution in [0.3, 0.4) is 0 Å². The minimum absolute atomic E-state index is 0.136. The fourth-order valence-electron chi connectivity index (χ4n) is 4.23. The minimum Gasteiger partial charge on any atom is -0.431 e. The van der Waals surface area contributed by atoms with Crippen LogP contribution in [-0.4, -0.2) is 64.2 Å². The molecule has 2 aromatic rings. The summed E-state index contributed by atoms with van der Waals surface area (Å²) in [7, 11) is 0. The fourth-order valence-corrected chi connectivity index (χ4v) is 5.67. The van der Waals surface area contributed by atoms with Gasteiger partial charge in [0, 0.05) is 54.4 Å². The zero-order valence-electron chi connectivity index (χ0n) is 16.3. The summed E-state index contributed by atoms with van der Waals surface area (Å²) >= 11 is 1.92. The van der Waals surface area contributed by atoms with Crippen molar-refractivity contribution in [1.29, 1.82) is 0 Å². The number of alkyl halides is 4. The number of thioether (sulfide) groups is 1. The van der Waals surface area contributed by atoms with Gasteiger partial charge in [0.25, 0.3) is 5.92 Å². The molecule has 0 radical (unpaired) electrons. The molecule has 166 valence electrons. The van der Waals surface area contributed by atoms with E-state index in [4.69, 9.17) is 5.73 Å². The number of nitrogens with zero attached hydrogens (tertiary/aromatic N) is 5. The average Bonchev–Trinajstić information content (AvgIpc) is 3.44. The van der Waals surface area contributed by atoms with Crippen LogP contribution in [0.4, 0.5) is 35.1 Å². The molecule has 31 heavy (non-hydrogen) atoms. The molecular formula is C19H20F4N6OS. The van der Waals surface area contributed by atoms with Gasteiger partial charge in [0.2, 0.25) is 5.95 Å². The number of nitrogen functional groups attached to an aromatic ring is 1. The average molecular weight is 456 g/mol. The first-order valence-electron chi connectivity index (χ1n) is 9.88. The van der Waals surface area contributed by atoms with Crippen molar-refractivity contribution in [3.05, 3.63) is 18.3 Å². The number of fused-ring (bicyclic) bond motifs is 2. The summed E-state index contributed by atoms with van der Waals surface area (Å²) in [6.07, 6.45) is 2.18. The standard InChI is InChI=1S/C19H20F4N6OS/c20-17(21)30-14-3-10(6-25-16(14)24)13-5-15(29-7-12-4-11(29)8-31-12)27-18(26-13)28-2-1-19(22,23)9-28/h3,5-6,11-12,17H,1-2,4,7-9H2,(H2,24,25)/t11-,12-/m0/s1. The smallest absolute Gasteiger partial charge is 0.387 e. The third kappa shape index (κ3) is 4.04. The van der Waals surface area contributed by atoms with Crippen molar-refractivity contribution in [2.45, 2.75) is 36.7 Å². The number of halogens is 4. The van der Waals surface area contributed by atoms with Gasteiger partial charge >= 0.3 is 6.61 Å². The first-order chi connectivity index (χ1) is 14.8. The van der Waals surface area contributed by atoms with E-state index < -0.39 is 19.1 Å². The van der Waals surface area contributed by atoms with E-state index in [0.717, 1.165) is 18.7 Å². The van der Waals surface area contributed by atoms with Gasteiger partial charge in [-0.05, 0) is 12.5 Å². The molecule has 0 amide bonds. The van der Waals surface area contributed by atoms with Gasteiger partial charge in [-0.1, -0.05) is 0 Å². The topological polar surface area (TPSA) is 80.4 Å². The molecule has 5 heterocycles. The lowest BCUT2D eigenvalue weighted by molar-refractivity contribution is -0.0494. The Balaban J connectivity index is 1.55. The lowest BCUT2D eigenvalue weighted by Crippen LogP contribution is -2.35. The van der Waals surface area contributed by atoms with Gasteiger partial charge in [0.05, 0.1) is 12.2 Å². The van der Waals surface area contributed by atoms with Gasteiger partial charge in [0.1, 0.15) is 5.82 Å². The van der Waals surface area contributed by atoms with E-state index in [1.54, 1.807) is 6.07 Å². The number of hydrogen-bond acceptors (Lipinski definition) is 8. The first-order valence-corrected chi connectivity index (χ1v) is 10.9. The van der Waals surface area contributed by atoms with E-state index in [2.05, 4.69) is 24.6 Å². The van der Waals surface area contributed by atoms with Crippen molar-refractivity contribution < 1.29 is 22.3 Å². The predicted molar refractivity (Wildman–Crippen MR) is 110 cm³/mol. The maximum Gasteiger partial charge on any atom is 0.387 e. The second kappa shape index (κ2) is 7.57. The molecule has 0 aliphatic carbocycles. The Labute approximate surface area is 180 Å². The predicted octanol–water partition coefficient (Wildman–Crippen LogP) is 3.26. The van der Waals surface area contributed by atoms with Crippen LogP contribution in [-0.2, 0) is 0 Å². The highest BCUT2D eigenvalue weighted by Crippen LogP contribution is 2.41. The van der Waals surface area contributed by atoms with Crippen LogP contribution in [0.15, 0.2) is 18.3 Å². The van der Waals surface area contributed by atoms with Gasteiger partial charge in [-0.15, -0.1) is 0 Å². The molecule has 0 spiro atoms. The molecule has 2 N–H and O–H groups in total. The molecule has 0 unspecified atom stereocenters. The van der Waals surface area contributed by atoms with Crippen molar-refractivity contribution in [2.75, 3.05) is 40.9 Å². The number of hydrogen-bond donors (Lipinski definition) is 1. The number of anilines is 3. The zero-order chi connectivity index (χ0) is 21.8. The van der Waals surface area contributed by atoms with Gasteiger partial charge in [0.15, 0.2) is 11.6 Å². The van der Waals surface area contributed by atoms with Crippen LogP contribution < -0.4 is 20.3 Å². The van der Waals surface area contributed by atoms with E-state index in [-0.39, 0.29) is 30.5 Å². The molecule has 7 nitrogen and oxygen atoms in total. The van der Waals surface area contributed by atoms with Gasteiger partial charge in [-0.3, -0.25) is 0 Å². The number of rotatable bonds is 5. The number of aromatic nitrogens is 3. The Morgan fingerprint density at radius 1 is 1.26 bits per heavy atom. The maximum atomic E-state index is 13.8. The molecule has 0 saturated carbocycles. The molecule has 3 aliphatic rings. The fraction of sp³-hybridized carbons (Fsp3) is 0.526. The molecule has 2 atom stereocenters. The van der Waals surface area contributed by atoms with Crippen LogP contribution in [0.25, 0.3) is 11.3 Å². The monoisotopic (exact) mass is 456 g/mol. The second-order valence-corrected chi connectivity index (χ2v) is 9.26. The highest BCUT2D eigenvalue weighted by molar-refractivity contribution is 8.00. The lowest BCUT2D eigenvalue weighted by Gasteiger charge is -2.29. The van der Waals surface area contributed by atoms with E-state index in [0.29, 0.717) is 28.4 Å². The highest BCUT2D eigenvalue weighted by Gasteiger charge is 2.41. The van der Waals surface area contributed by atoms with Crippen molar-refractivity contribution in [3.63, 3.8) is 0 Å². The van der Waals surface area contributed by atoms with Crippen molar-refractivity contribution in [1.82, 2.24) is 15.0 Å². The molecule has 2 aromatic heterocycles. The minimum atomic E-state index is -3.06. The quantitative estimate of drug-likeness (QED) is 0.687. The van der Waals surface area contributed by atoms with Crippen LogP contribution >= 0.6 is 11.8 Å². The zero-order valence-corrected chi connectivity index (χ0v) is 17.2. The van der Waals surface area contributed by atoms with Crippen LogP contribution in [0.2, 0.25) is 0 Å². The summed E-state index contributed by atoms with van der Waals surface area (Å²) < 4.78 is 57.5. The van der Waals surface area contributed by atoms with Crippen molar-refractivity contribution in [3.8, 4) is 17.0 Å². The second-order valence-electron chi connectivity index (χ2n) is 7.92. The third-order valence-corrected chi connectivity index (χ3v) is 7.13. The molecule has 5 rings (SSSR count). The van der Waals surface area contributed by atoms with Crippen LogP contribution in [0.1, 0.15) is 12.8 Å². The number of pyridine rings is 1. The van der Waals surface area contributed by atoms with Gasteiger partial charge in [-0.2, -0.15) is 25.5 Å². The van der Waals surface area contributed by atoms with Gasteiger partial charge in [-0.25, -0.2) is 18.7 Å². The lowest BCUT2D eigenvalue weighted by atomic mass is 10.2. The molecule has 3 saturated heterocycles. The Hall–Kier alpha value is -2.50. The van der Waals surface area contributed by atoms with Crippen LogP contribution in [0.5, 0.6) is 5.75 Å². The Bertz CT molecular complexity index is 996. The van der Waals surface area contributed by atoms with Crippen LogP contribution in [0, 0.1) is 0 Å². The number of ether oxygens (including phenoxy) is 1. The Morgan fingerprint density at radius 3 is 2.74 bits per heavy atom. The third-order valence-electron chi connectivity index (χ3n) is 5.74. The highest BCUT2D eigenvalue weighted by atomic mass is 32.2. The van der Waals surface area contributed by atoms with E-state index in [1.165, 1.54) is 17.2 Å². The summed E-state index contributed by atoms with van der Waals surface area (Å²) in [5, 5.41) is 0.521. The molecule has 3 aliphatic heterocycles. The normalized spacial score (nSPS) is 24.4. The summed E-state index contributed by atoms with van der Waals surface area (Å²) in [6.45, 7) is -2.56. The Morgan fingerprint density at radius 2 is 2.10 bits per heavy atom. The summed E-state index contributed by atoms with van der Waals surface area (Å²) in [5.74, 6) is -1.43. The SMILES string of the molecule is Nc1ncc(-c2cc(N3C[C@@H]4C[C@H]3CS4)nc(N3CCC(F)(F)C3)n2)cc1OC(F)F. The molecule has 12 heteroatoms. The van der Waals surface area contributed by atoms with Crippen molar-refractivity contribution >= 4 is 29.3 Å². The summed E-state index contributed by atoms with van der Waals surface area (Å²) in [6, 6.07) is 3.39. The van der Waals surface area contributed by atoms with E-state index in [9.17, 15) is 17.6 Å². The molecule has 2 bridgehead atoms. The maximum absolute atomic E-state index is 13.8. The Kier molecular flexibility index (Phi) is 4.98. The summed E-state index contributed by atoms with van der Waals surface area (Å²) in [4.78, 5) is 16.6. The number of nitrogens with two attached hydrogens (primary N) is 1.